The van der Waals surface area contributed by atoms with Gasteiger partial charge in [-0.25, -0.2) is 0 Å². The number of aromatic nitrogens is 1. The Morgan fingerprint density at radius 2 is 2.11 bits per heavy atom. The molecule has 0 bridgehead atoms. The topological polar surface area (TPSA) is 24.9 Å². The summed E-state index contributed by atoms with van der Waals surface area (Å²) in [6, 6.07) is 3.70. The average Bonchev–Trinajstić information content (AvgIpc) is 1.91. The fourth-order valence-electron chi connectivity index (χ4n) is 0.516. The second-order valence-electron chi connectivity index (χ2n) is 1.50. The van der Waals surface area contributed by atoms with E-state index in [1.54, 1.807) is 12.4 Å². The second-order valence-corrected chi connectivity index (χ2v) is 1.73. The van der Waals surface area contributed by atoms with Gasteiger partial charge >= 0.3 is 0 Å². The molecular formula is C6H6N2S. The summed E-state index contributed by atoms with van der Waals surface area (Å²) in [5, 5.41) is 2.86. The molecule has 0 aliphatic carbocycles. The fraction of sp³-hybridized carbons (Fsp3) is 0. The molecule has 3 heteroatoms. The number of nitrogens with zero attached hydrogens (tertiary/aromatic N) is 1. The minimum Gasteiger partial charge on any atom is -0.353 e. The maximum atomic E-state index is 4.58. The lowest BCUT2D eigenvalue weighted by Gasteiger charge is -1.94. The van der Waals surface area contributed by atoms with Gasteiger partial charge in [-0.1, -0.05) is 12.2 Å². The van der Waals surface area contributed by atoms with E-state index in [0.717, 1.165) is 5.69 Å². The number of nitrogens with one attached hydrogen (secondary N) is 1. The standard InChI is InChI=1S/C6H6N2S/c9-5-8-6-1-3-7-4-2-6/h1-5H,(H,7,8,9). The van der Waals surface area contributed by atoms with Crippen molar-refractivity contribution < 1.29 is 0 Å². The molecule has 46 valence electrons. The number of rotatable bonds is 2. The summed E-state index contributed by atoms with van der Waals surface area (Å²) in [5.41, 5.74) is 2.44. The first kappa shape index (κ1) is 6.16. The largest absolute Gasteiger partial charge is 0.353 e. The summed E-state index contributed by atoms with van der Waals surface area (Å²) in [5.74, 6) is 0. The zero-order chi connectivity index (χ0) is 6.53. The Labute approximate surface area is 58.9 Å². The van der Waals surface area contributed by atoms with Crippen LogP contribution in [-0.2, 0) is 0 Å². The maximum Gasteiger partial charge on any atom is 0.0658 e. The third-order valence-corrected chi connectivity index (χ3v) is 1.02. The molecule has 0 aliphatic heterocycles. The predicted octanol–water partition coefficient (Wildman–Crippen LogP) is 1.45. The first-order valence-corrected chi connectivity index (χ1v) is 3.01. The monoisotopic (exact) mass is 138 g/mol. The van der Waals surface area contributed by atoms with Crippen molar-refractivity contribution in [3.05, 3.63) is 24.5 Å². The molecule has 0 atom stereocenters. The second kappa shape index (κ2) is 3.14. The number of anilines is 1. The van der Waals surface area contributed by atoms with Crippen LogP contribution in [0.2, 0.25) is 0 Å². The van der Waals surface area contributed by atoms with E-state index in [4.69, 9.17) is 0 Å². The maximum absolute atomic E-state index is 4.58. The third-order valence-electron chi connectivity index (χ3n) is 0.906. The molecule has 0 saturated carbocycles. The lowest BCUT2D eigenvalue weighted by Crippen LogP contribution is -1.90. The van der Waals surface area contributed by atoms with Gasteiger partial charge in [-0.2, -0.15) is 0 Å². The summed E-state index contributed by atoms with van der Waals surface area (Å²) < 4.78 is 0. The van der Waals surface area contributed by atoms with Crippen LogP contribution in [0.5, 0.6) is 0 Å². The van der Waals surface area contributed by atoms with Gasteiger partial charge in [0.05, 0.1) is 5.49 Å². The Bertz CT molecular complexity index is 186. The van der Waals surface area contributed by atoms with Gasteiger partial charge in [-0.05, 0) is 12.1 Å². The van der Waals surface area contributed by atoms with Crippen LogP contribution in [-0.4, -0.2) is 10.5 Å². The van der Waals surface area contributed by atoms with E-state index in [1.165, 1.54) is 5.49 Å². The zero-order valence-corrected chi connectivity index (χ0v) is 5.56. The molecule has 9 heavy (non-hydrogen) atoms. The summed E-state index contributed by atoms with van der Waals surface area (Å²) in [4.78, 5) is 3.84. The van der Waals surface area contributed by atoms with Crippen molar-refractivity contribution in [1.29, 1.82) is 0 Å². The van der Waals surface area contributed by atoms with Crippen LogP contribution in [0.15, 0.2) is 24.5 Å². The van der Waals surface area contributed by atoms with E-state index >= 15 is 0 Å². The molecule has 1 rings (SSSR count). The van der Waals surface area contributed by atoms with Crippen molar-refractivity contribution in [1.82, 2.24) is 4.98 Å². The molecule has 1 N–H and O–H groups in total. The number of pyridine rings is 1. The third kappa shape index (κ3) is 1.77. The normalized spacial score (nSPS) is 8.44. The van der Waals surface area contributed by atoms with Crippen molar-refractivity contribution in [3.63, 3.8) is 0 Å². The Balaban J connectivity index is 2.72. The summed E-state index contributed by atoms with van der Waals surface area (Å²) in [6.07, 6.45) is 3.42. The molecule has 0 radical (unpaired) electrons. The van der Waals surface area contributed by atoms with Crippen molar-refractivity contribution in [2.75, 3.05) is 5.32 Å². The first-order chi connectivity index (χ1) is 4.43. The van der Waals surface area contributed by atoms with Gasteiger partial charge < -0.3 is 5.32 Å². The van der Waals surface area contributed by atoms with Crippen LogP contribution in [0, 0.1) is 0 Å². The van der Waals surface area contributed by atoms with Crippen molar-refractivity contribution >= 4 is 23.4 Å². The Kier molecular flexibility index (Phi) is 2.15. The quantitative estimate of drug-likeness (QED) is 0.626. The average molecular weight is 138 g/mol. The predicted molar refractivity (Wildman–Crippen MR) is 41.5 cm³/mol. The minimum absolute atomic E-state index is 0.972. The van der Waals surface area contributed by atoms with E-state index in [1.807, 2.05) is 12.1 Å². The highest BCUT2D eigenvalue weighted by Crippen LogP contribution is 1.99. The van der Waals surface area contributed by atoms with Gasteiger partial charge in [0.25, 0.3) is 0 Å². The van der Waals surface area contributed by atoms with Gasteiger partial charge in [-0.3, -0.25) is 4.98 Å². The Morgan fingerprint density at radius 1 is 1.44 bits per heavy atom. The molecule has 0 aliphatic rings. The van der Waals surface area contributed by atoms with Gasteiger partial charge in [0, 0.05) is 18.1 Å². The number of thiocarbonyl (C=S) groups is 1. The fourth-order valence-corrected chi connectivity index (χ4v) is 0.652. The van der Waals surface area contributed by atoms with Gasteiger partial charge in [0.1, 0.15) is 0 Å². The highest BCUT2D eigenvalue weighted by Gasteiger charge is 1.81. The first-order valence-electron chi connectivity index (χ1n) is 2.53. The van der Waals surface area contributed by atoms with Gasteiger partial charge in [0.15, 0.2) is 0 Å². The molecule has 1 heterocycles. The van der Waals surface area contributed by atoms with Crippen LogP contribution in [0.3, 0.4) is 0 Å². The van der Waals surface area contributed by atoms with E-state index in [0.29, 0.717) is 0 Å². The highest BCUT2D eigenvalue weighted by atomic mass is 32.1. The highest BCUT2D eigenvalue weighted by molar-refractivity contribution is 7.79. The van der Waals surface area contributed by atoms with Crippen LogP contribution < -0.4 is 5.32 Å². The molecular weight excluding hydrogens is 132 g/mol. The molecule has 2 nitrogen and oxygen atoms in total. The van der Waals surface area contributed by atoms with E-state index in [2.05, 4.69) is 22.5 Å². The lowest BCUT2D eigenvalue weighted by atomic mass is 10.4. The van der Waals surface area contributed by atoms with Crippen molar-refractivity contribution in [2.45, 2.75) is 0 Å². The van der Waals surface area contributed by atoms with Crippen LogP contribution in [0.25, 0.3) is 0 Å². The summed E-state index contributed by atoms with van der Waals surface area (Å²) in [6.45, 7) is 0. The van der Waals surface area contributed by atoms with Gasteiger partial charge in [-0.15, -0.1) is 0 Å². The van der Waals surface area contributed by atoms with Gasteiger partial charge in [0.2, 0.25) is 0 Å². The molecule has 0 amide bonds. The molecule has 0 unspecified atom stereocenters. The Morgan fingerprint density at radius 3 is 2.67 bits per heavy atom. The zero-order valence-electron chi connectivity index (χ0n) is 4.74. The summed E-state index contributed by atoms with van der Waals surface area (Å²) >= 11 is 4.58. The smallest absolute Gasteiger partial charge is 0.0658 e. The lowest BCUT2D eigenvalue weighted by molar-refractivity contribution is 1.33. The molecule has 0 fully saturated rings. The SMILES string of the molecule is S=CNc1ccncc1. The molecule has 0 saturated heterocycles. The summed E-state index contributed by atoms with van der Waals surface area (Å²) in [7, 11) is 0. The van der Waals surface area contributed by atoms with Crippen LogP contribution in [0.4, 0.5) is 5.69 Å². The number of hydrogen-bond donors (Lipinski definition) is 1. The Hall–Kier alpha value is -0.960. The van der Waals surface area contributed by atoms with E-state index < -0.39 is 0 Å². The van der Waals surface area contributed by atoms with Crippen molar-refractivity contribution in [2.24, 2.45) is 0 Å². The molecule has 0 aromatic carbocycles. The minimum atomic E-state index is 0.972. The number of hydrogen-bond acceptors (Lipinski definition) is 2. The molecule has 1 aromatic rings. The molecule has 0 spiro atoms. The molecule has 1 aromatic heterocycles. The van der Waals surface area contributed by atoms with Crippen LogP contribution >= 0.6 is 12.2 Å². The van der Waals surface area contributed by atoms with E-state index in [9.17, 15) is 0 Å². The van der Waals surface area contributed by atoms with E-state index in [-0.39, 0.29) is 0 Å². The van der Waals surface area contributed by atoms with Crippen molar-refractivity contribution in [3.8, 4) is 0 Å². The van der Waals surface area contributed by atoms with Crippen LogP contribution in [0.1, 0.15) is 0 Å².